The van der Waals surface area contributed by atoms with Crippen molar-refractivity contribution in [2.75, 3.05) is 10.8 Å². The van der Waals surface area contributed by atoms with Crippen molar-refractivity contribution in [3.05, 3.63) is 99.5 Å². The highest BCUT2D eigenvalue weighted by Crippen LogP contribution is 2.45. The molecule has 4 atom stereocenters. The number of hydrogen-bond donors (Lipinski definition) is 1. The molecule has 0 aromatic heterocycles. The Morgan fingerprint density at radius 2 is 1.75 bits per heavy atom. The largest absolute Gasteiger partial charge is 0.481 e. The highest BCUT2D eigenvalue weighted by atomic mass is 35.5. The lowest BCUT2D eigenvalue weighted by atomic mass is 9.89. The Morgan fingerprint density at radius 3 is 2.34 bits per heavy atom. The third-order valence-corrected chi connectivity index (χ3v) is 10.6. The van der Waals surface area contributed by atoms with E-state index in [1.54, 1.807) is 55.5 Å². The SMILES string of the molecule is CC[C@@H](CN(c1ccc(F)cc1F)S(=O)(=O)C1CC1)N1C(=O)[C@H](CC(=O)O)O[C@H](c2cccc(Cl)c2)C1c1ccc(Cl)cc1. The number of carbonyl (C=O) groups is 2. The first-order chi connectivity index (χ1) is 20.9. The van der Waals surface area contributed by atoms with E-state index in [0.717, 1.165) is 16.4 Å². The second kappa shape index (κ2) is 13.0. The van der Waals surface area contributed by atoms with Crippen LogP contribution in [-0.4, -0.2) is 54.2 Å². The highest BCUT2D eigenvalue weighted by Gasteiger charge is 2.49. The summed E-state index contributed by atoms with van der Waals surface area (Å²) in [4.78, 5) is 27.5. The number of nitrogens with zero attached hydrogens (tertiary/aromatic N) is 2. The van der Waals surface area contributed by atoms with Gasteiger partial charge in [0, 0.05) is 16.1 Å². The van der Waals surface area contributed by atoms with Crippen LogP contribution in [0, 0.1) is 11.6 Å². The number of anilines is 1. The number of ether oxygens (including phenoxy) is 1. The number of carboxylic acids is 1. The maximum absolute atomic E-state index is 15.2. The van der Waals surface area contributed by atoms with Crippen molar-refractivity contribution < 1.29 is 36.6 Å². The lowest BCUT2D eigenvalue weighted by molar-refractivity contribution is -0.183. The van der Waals surface area contributed by atoms with Crippen LogP contribution in [0.3, 0.4) is 0 Å². The van der Waals surface area contributed by atoms with Crippen LogP contribution in [0.5, 0.6) is 0 Å². The summed E-state index contributed by atoms with van der Waals surface area (Å²) >= 11 is 12.5. The Bertz CT molecular complexity index is 1660. The summed E-state index contributed by atoms with van der Waals surface area (Å²) in [5.74, 6) is -3.86. The van der Waals surface area contributed by atoms with E-state index in [1.807, 2.05) is 0 Å². The molecule has 13 heteroatoms. The van der Waals surface area contributed by atoms with Crippen LogP contribution in [0.1, 0.15) is 55.9 Å². The normalized spacial score (nSPS) is 21.2. The summed E-state index contributed by atoms with van der Waals surface area (Å²) in [7, 11) is -4.10. The first-order valence-electron chi connectivity index (χ1n) is 14.1. The standard InChI is InChI=1S/C31H30Cl2F2N2O6S/c1-2-23(17-36(44(41,42)24-11-12-24)26-13-10-22(34)15-25(26)35)37-29(18-6-8-20(32)9-7-18)30(19-4-3-5-21(33)14-19)43-27(31(37)40)16-28(38)39/h3-10,13-15,23-24,27,29-30H,2,11-12,16-17H2,1H3,(H,38,39)/t23-,27-,29?,30+/m0/s1. The molecule has 1 N–H and O–H groups in total. The monoisotopic (exact) mass is 666 g/mol. The van der Waals surface area contributed by atoms with Crippen LogP contribution in [0.25, 0.3) is 0 Å². The van der Waals surface area contributed by atoms with Crippen LogP contribution < -0.4 is 4.31 Å². The fraction of sp³-hybridized carbons (Fsp3) is 0.355. The Kier molecular flexibility index (Phi) is 9.50. The maximum Gasteiger partial charge on any atom is 0.306 e. The second-order valence-electron chi connectivity index (χ2n) is 10.9. The van der Waals surface area contributed by atoms with E-state index in [4.69, 9.17) is 27.9 Å². The molecule has 234 valence electrons. The molecule has 5 rings (SSSR count). The van der Waals surface area contributed by atoms with E-state index in [-0.39, 0.29) is 18.7 Å². The molecule has 3 aromatic carbocycles. The number of carbonyl (C=O) groups excluding carboxylic acids is 1. The number of sulfonamides is 1. The number of benzene rings is 3. The van der Waals surface area contributed by atoms with Crippen LogP contribution in [0.2, 0.25) is 10.0 Å². The Morgan fingerprint density at radius 1 is 1.05 bits per heavy atom. The number of halogens is 4. The third-order valence-electron chi connectivity index (χ3n) is 7.85. The third kappa shape index (κ3) is 6.71. The Hall–Kier alpha value is -3.25. The highest BCUT2D eigenvalue weighted by molar-refractivity contribution is 7.93. The van der Waals surface area contributed by atoms with Crippen molar-refractivity contribution in [3.63, 3.8) is 0 Å². The minimum Gasteiger partial charge on any atom is -0.481 e. The Balaban J connectivity index is 1.66. The molecule has 0 bridgehead atoms. The van der Waals surface area contributed by atoms with Crippen LogP contribution in [0.4, 0.5) is 14.5 Å². The number of carboxylic acid groups (broad SMARTS) is 1. The molecule has 1 heterocycles. The van der Waals surface area contributed by atoms with Crippen molar-refractivity contribution in [3.8, 4) is 0 Å². The molecule has 44 heavy (non-hydrogen) atoms. The van der Waals surface area contributed by atoms with Crippen LogP contribution in [0.15, 0.2) is 66.7 Å². The van der Waals surface area contributed by atoms with E-state index in [1.165, 1.54) is 4.90 Å². The molecule has 1 aliphatic heterocycles. The van der Waals surface area contributed by atoms with Gasteiger partial charge in [0.15, 0.2) is 0 Å². The van der Waals surface area contributed by atoms with Gasteiger partial charge in [-0.3, -0.25) is 13.9 Å². The predicted octanol–water partition coefficient (Wildman–Crippen LogP) is 6.53. The molecule has 1 saturated carbocycles. The zero-order valence-electron chi connectivity index (χ0n) is 23.6. The minimum absolute atomic E-state index is 0.206. The van der Waals surface area contributed by atoms with Crippen molar-refractivity contribution in [2.24, 2.45) is 0 Å². The number of aliphatic carboxylic acids is 1. The number of hydrogen-bond acceptors (Lipinski definition) is 5. The van der Waals surface area contributed by atoms with Crippen molar-refractivity contribution in [2.45, 2.75) is 62.1 Å². The van der Waals surface area contributed by atoms with Gasteiger partial charge in [0.1, 0.15) is 23.8 Å². The summed E-state index contributed by atoms with van der Waals surface area (Å²) in [6.07, 6.45) is -1.99. The van der Waals surface area contributed by atoms with E-state index < -0.39 is 69.5 Å². The van der Waals surface area contributed by atoms with E-state index in [2.05, 4.69) is 0 Å². The molecular weight excluding hydrogens is 637 g/mol. The van der Waals surface area contributed by atoms with Gasteiger partial charge < -0.3 is 14.7 Å². The topological polar surface area (TPSA) is 104 Å². The lowest BCUT2D eigenvalue weighted by Gasteiger charge is -2.48. The van der Waals surface area contributed by atoms with E-state index in [9.17, 15) is 27.5 Å². The summed E-state index contributed by atoms with van der Waals surface area (Å²) in [5, 5.41) is 9.74. The summed E-state index contributed by atoms with van der Waals surface area (Å²) in [5.41, 5.74) is 0.811. The predicted molar refractivity (Wildman–Crippen MR) is 162 cm³/mol. The van der Waals surface area contributed by atoms with Crippen molar-refractivity contribution >= 4 is 50.8 Å². The number of morpholine rings is 1. The van der Waals surface area contributed by atoms with Gasteiger partial charge in [0.25, 0.3) is 5.91 Å². The summed E-state index contributed by atoms with van der Waals surface area (Å²) in [6, 6.07) is 14.3. The molecule has 1 unspecified atom stereocenters. The minimum atomic E-state index is -4.10. The van der Waals surface area contributed by atoms with Gasteiger partial charge in [-0.25, -0.2) is 17.2 Å². The molecule has 1 aliphatic carbocycles. The summed E-state index contributed by atoms with van der Waals surface area (Å²) < 4.78 is 63.5. The van der Waals surface area contributed by atoms with Gasteiger partial charge in [-0.1, -0.05) is 54.4 Å². The Labute approximate surface area is 264 Å². The summed E-state index contributed by atoms with van der Waals surface area (Å²) in [6.45, 7) is 1.38. The van der Waals surface area contributed by atoms with Gasteiger partial charge in [-0.2, -0.15) is 0 Å². The fourth-order valence-corrected chi connectivity index (χ4v) is 7.79. The lowest BCUT2D eigenvalue weighted by Crippen LogP contribution is -2.58. The smallest absolute Gasteiger partial charge is 0.306 e. The van der Waals surface area contributed by atoms with Gasteiger partial charge in [0.05, 0.1) is 36.0 Å². The number of amides is 1. The molecule has 2 aliphatic rings. The second-order valence-corrected chi connectivity index (χ2v) is 13.9. The quantitative estimate of drug-likeness (QED) is 0.249. The average Bonchev–Trinajstić information content (AvgIpc) is 3.82. The average molecular weight is 668 g/mol. The molecule has 8 nitrogen and oxygen atoms in total. The van der Waals surface area contributed by atoms with Gasteiger partial charge in [-0.15, -0.1) is 0 Å². The fourth-order valence-electron chi connectivity index (χ4n) is 5.57. The van der Waals surface area contributed by atoms with Crippen molar-refractivity contribution in [1.29, 1.82) is 0 Å². The first-order valence-corrected chi connectivity index (χ1v) is 16.3. The maximum atomic E-state index is 15.2. The zero-order valence-corrected chi connectivity index (χ0v) is 25.9. The van der Waals surface area contributed by atoms with Crippen LogP contribution in [-0.2, 0) is 24.3 Å². The first kappa shape index (κ1) is 32.2. The van der Waals surface area contributed by atoms with Gasteiger partial charge in [0.2, 0.25) is 10.0 Å². The van der Waals surface area contributed by atoms with Gasteiger partial charge in [-0.05, 0) is 66.8 Å². The molecule has 0 radical (unpaired) electrons. The molecule has 1 saturated heterocycles. The van der Waals surface area contributed by atoms with Gasteiger partial charge >= 0.3 is 5.97 Å². The molecule has 1 amide bonds. The molecular formula is C31H30Cl2F2N2O6S. The van der Waals surface area contributed by atoms with E-state index >= 15 is 4.39 Å². The molecule has 3 aromatic rings. The van der Waals surface area contributed by atoms with E-state index in [0.29, 0.717) is 40.1 Å². The zero-order chi connectivity index (χ0) is 31.8. The van der Waals surface area contributed by atoms with Crippen LogP contribution >= 0.6 is 23.2 Å². The molecule has 2 fully saturated rings. The number of rotatable bonds is 11. The molecule has 0 spiro atoms. The van der Waals surface area contributed by atoms with Crippen molar-refractivity contribution in [1.82, 2.24) is 4.90 Å².